The van der Waals surface area contributed by atoms with E-state index in [0.29, 0.717) is 6.67 Å². The summed E-state index contributed by atoms with van der Waals surface area (Å²) in [6.45, 7) is 0.701. The van der Waals surface area contributed by atoms with Crippen LogP contribution in [0.4, 0.5) is 5.69 Å². The van der Waals surface area contributed by atoms with Crippen LogP contribution in [0.15, 0.2) is 27.9 Å². The quantitative estimate of drug-likeness (QED) is 0.783. The highest BCUT2D eigenvalue weighted by atomic mass is 32.1. The SMILES string of the molecule is C1=NCNc2cc(-c3ccsc3)sc21. The van der Waals surface area contributed by atoms with Crippen LogP contribution < -0.4 is 5.32 Å². The van der Waals surface area contributed by atoms with E-state index in [1.54, 1.807) is 22.7 Å². The van der Waals surface area contributed by atoms with Crippen molar-refractivity contribution in [3.8, 4) is 10.4 Å². The van der Waals surface area contributed by atoms with Gasteiger partial charge in [0.05, 0.1) is 10.6 Å². The molecule has 4 heteroatoms. The molecule has 0 amide bonds. The maximum Gasteiger partial charge on any atom is 0.107 e. The molecule has 1 aliphatic heterocycles. The fourth-order valence-electron chi connectivity index (χ4n) is 1.45. The van der Waals surface area contributed by atoms with Crippen LogP contribution in [-0.4, -0.2) is 12.9 Å². The van der Waals surface area contributed by atoms with E-state index in [1.165, 1.54) is 21.0 Å². The fraction of sp³-hybridized carbons (Fsp3) is 0.100. The summed E-state index contributed by atoms with van der Waals surface area (Å²) < 4.78 is 0. The molecule has 14 heavy (non-hydrogen) atoms. The van der Waals surface area contributed by atoms with E-state index in [-0.39, 0.29) is 0 Å². The largest absolute Gasteiger partial charge is 0.365 e. The van der Waals surface area contributed by atoms with Gasteiger partial charge < -0.3 is 5.32 Å². The molecular weight excluding hydrogens is 212 g/mol. The van der Waals surface area contributed by atoms with Crippen LogP contribution in [-0.2, 0) is 0 Å². The Labute approximate surface area is 89.9 Å². The minimum Gasteiger partial charge on any atom is -0.365 e. The minimum atomic E-state index is 0.701. The number of fused-ring (bicyclic) bond motifs is 1. The Bertz CT molecular complexity index is 468. The maximum atomic E-state index is 4.19. The summed E-state index contributed by atoms with van der Waals surface area (Å²) in [7, 11) is 0. The second-order valence-corrected chi connectivity index (χ2v) is 4.91. The number of aliphatic imine (C=N–C) groups is 1. The van der Waals surface area contributed by atoms with Gasteiger partial charge >= 0.3 is 0 Å². The molecule has 0 aliphatic carbocycles. The average molecular weight is 220 g/mol. The Morgan fingerprint density at radius 1 is 1.43 bits per heavy atom. The average Bonchev–Trinajstić information content (AvgIpc) is 2.86. The number of anilines is 1. The van der Waals surface area contributed by atoms with Gasteiger partial charge in [0.1, 0.15) is 6.67 Å². The van der Waals surface area contributed by atoms with Crippen LogP contribution in [0.2, 0.25) is 0 Å². The zero-order chi connectivity index (χ0) is 9.38. The first-order chi connectivity index (χ1) is 6.93. The zero-order valence-corrected chi connectivity index (χ0v) is 8.99. The van der Waals surface area contributed by atoms with Crippen LogP contribution in [0.3, 0.4) is 0 Å². The Balaban J connectivity index is 2.09. The van der Waals surface area contributed by atoms with Gasteiger partial charge in [-0.2, -0.15) is 11.3 Å². The number of hydrogen-bond donors (Lipinski definition) is 1. The molecule has 0 saturated heterocycles. The van der Waals surface area contributed by atoms with Gasteiger partial charge in [-0.3, -0.25) is 4.99 Å². The van der Waals surface area contributed by atoms with E-state index in [9.17, 15) is 0 Å². The van der Waals surface area contributed by atoms with Crippen LogP contribution in [0.1, 0.15) is 4.88 Å². The van der Waals surface area contributed by atoms with E-state index < -0.39 is 0 Å². The van der Waals surface area contributed by atoms with Gasteiger partial charge in [-0.15, -0.1) is 11.3 Å². The fourth-order valence-corrected chi connectivity index (χ4v) is 3.20. The molecule has 0 radical (unpaired) electrons. The van der Waals surface area contributed by atoms with Gasteiger partial charge in [0.15, 0.2) is 0 Å². The van der Waals surface area contributed by atoms with Crippen molar-refractivity contribution in [2.75, 3.05) is 12.0 Å². The van der Waals surface area contributed by atoms with Gasteiger partial charge in [-0.25, -0.2) is 0 Å². The first kappa shape index (κ1) is 8.20. The number of rotatable bonds is 1. The van der Waals surface area contributed by atoms with Gasteiger partial charge in [0, 0.05) is 16.7 Å². The van der Waals surface area contributed by atoms with E-state index in [2.05, 4.69) is 33.2 Å². The molecule has 0 atom stereocenters. The molecule has 2 aromatic rings. The topological polar surface area (TPSA) is 24.4 Å². The number of thiophene rings is 2. The van der Waals surface area contributed by atoms with Crippen LogP contribution in [0, 0.1) is 0 Å². The number of hydrogen-bond acceptors (Lipinski definition) is 4. The number of nitrogens with one attached hydrogen (secondary N) is 1. The van der Waals surface area contributed by atoms with E-state index >= 15 is 0 Å². The van der Waals surface area contributed by atoms with Gasteiger partial charge in [-0.1, -0.05) is 0 Å². The molecule has 2 nitrogen and oxygen atoms in total. The van der Waals surface area contributed by atoms with Crippen LogP contribution in [0.5, 0.6) is 0 Å². The first-order valence-corrected chi connectivity index (χ1v) is 6.09. The highest BCUT2D eigenvalue weighted by molar-refractivity contribution is 7.18. The first-order valence-electron chi connectivity index (χ1n) is 4.33. The van der Waals surface area contributed by atoms with Gasteiger partial charge in [0.25, 0.3) is 0 Å². The summed E-state index contributed by atoms with van der Waals surface area (Å²) in [6, 6.07) is 4.35. The molecule has 0 spiro atoms. The predicted molar refractivity (Wildman–Crippen MR) is 63.7 cm³/mol. The molecule has 1 aliphatic rings. The third-order valence-electron chi connectivity index (χ3n) is 2.14. The van der Waals surface area contributed by atoms with Gasteiger partial charge in [0.2, 0.25) is 0 Å². The minimum absolute atomic E-state index is 0.701. The van der Waals surface area contributed by atoms with Crippen molar-refractivity contribution in [2.24, 2.45) is 4.99 Å². The third-order valence-corrected chi connectivity index (χ3v) is 3.94. The third kappa shape index (κ3) is 1.27. The smallest absolute Gasteiger partial charge is 0.107 e. The second-order valence-electron chi connectivity index (χ2n) is 3.05. The summed E-state index contributed by atoms with van der Waals surface area (Å²) in [6.07, 6.45) is 1.95. The lowest BCUT2D eigenvalue weighted by Gasteiger charge is -2.05. The lowest BCUT2D eigenvalue weighted by atomic mass is 10.2. The summed E-state index contributed by atoms with van der Waals surface area (Å²) in [5.74, 6) is 0. The molecule has 2 aromatic heterocycles. The molecule has 0 unspecified atom stereocenters. The van der Waals surface area contributed by atoms with E-state index in [4.69, 9.17) is 0 Å². The molecule has 0 aromatic carbocycles. The molecule has 3 rings (SSSR count). The summed E-state index contributed by atoms with van der Waals surface area (Å²) in [5.41, 5.74) is 2.52. The Morgan fingerprint density at radius 3 is 3.21 bits per heavy atom. The summed E-state index contributed by atoms with van der Waals surface area (Å²) in [5, 5.41) is 7.54. The highest BCUT2D eigenvalue weighted by Gasteiger charge is 2.10. The Kier molecular flexibility index (Phi) is 1.89. The lowest BCUT2D eigenvalue weighted by Crippen LogP contribution is -2.04. The summed E-state index contributed by atoms with van der Waals surface area (Å²) in [4.78, 5) is 6.74. The second kappa shape index (κ2) is 3.22. The van der Waals surface area contributed by atoms with Crippen molar-refractivity contribution < 1.29 is 0 Å². The van der Waals surface area contributed by atoms with Crippen molar-refractivity contribution in [3.05, 3.63) is 27.8 Å². The van der Waals surface area contributed by atoms with E-state index in [1.807, 2.05) is 6.21 Å². The Morgan fingerprint density at radius 2 is 2.43 bits per heavy atom. The molecular formula is C10H8N2S2. The molecule has 0 fully saturated rings. The standard InChI is InChI=1S/C10H8N2S2/c1-2-13-5-7(1)9-3-8-10(14-9)4-11-6-12-8/h1-5,12H,6H2. The number of nitrogens with zero attached hydrogens (tertiary/aromatic N) is 1. The maximum absolute atomic E-state index is 4.19. The van der Waals surface area contributed by atoms with Crippen LogP contribution >= 0.6 is 22.7 Å². The molecule has 70 valence electrons. The van der Waals surface area contributed by atoms with Crippen molar-refractivity contribution in [3.63, 3.8) is 0 Å². The predicted octanol–water partition coefficient (Wildman–Crippen LogP) is 3.28. The van der Waals surface area contributed by atoms with Gasteiger partial charge in [-0.05, 0) is 22.9 Å². The summed E-state index contributed by atoms with van der Waals surface area (Å²) >= 11 is 3.52. The normalized spacial score (nSPS) is 13.7. The van der Waals surface area contributed by atoms with Crippen LogP contribution in [0.25, 0.3) is 10.4 Å². The van der Waals surface area contributed by atoms with Crippen molar-refractivity contribution in [1.82, 2.24) is 0 Å². The van der Waals surface area contributed by atoms with Crippen molar-refractivity contribution >= 4 is 34.6 Å². The van der Waals surface area contributed by atoms with Crippen molar-refractivity contribution in [2.45, 2.75) is 0 Å². The zero-order valence-electron chi connectivity index (χ0n) is 7.36. The molecule has 1 N–H and O–H groups in total. The molecule has 3 heterocycles. The van der Waals surface area contributed by atoms with E-state index in [0.717, 1.165) is 0 Å². The monoisotopic (exact) mass is 220 g/mol. The molecule has 0 saturated carbocycles. The van der Waals surface area contributed by atoms with Crippen molar-refractivity contribution in [1.29, 1.82) is 0 Å². The molecule has 0 bridgehead atoms. The lowest BCUT2D eigenvalue weighted by molar-refractivity contribution is 1.14. The Hall–Kier alpha value is -1.13. The highest BCUT2D eigenvalue weighted by Crippen LogP contribution is 2.35.